The van der Waals surface area contributed by atoms with E-state index in [0.717, 1.165) is 64.9 Å². The van der Waals surface area contributed by atoms with Crippen LogP contribution in [-0.2, 0) is 16.1 Å². The number of rotatable bonds is 12. The topological polar surface area (TPSA) is 89.4 Å². The van der Waals surface area contributed by atoms with Crippen molar-refractivity contribution in [3.8, 4) is 17.1 Å². The second kappa shape index (κ2) is 10.3. The number of para-hydroxylation sites is 1. The first kappa shape index (κ1) is 21.9. The minimum Gasteiger partial charge on any atom is -0.494 e. The van der Waals surface area contributed by atoms with E-state index in [-0.39, 0.29) is 6.42 Å². The zero-order valence-electron chi connectivity index (χ0n) is 18.3. The van der Waals surface area contributed by atoms with Crippen LogP contribution in [-0.4, -0.2) is 45.9 Å². The third kappa shape index (κ3) is 4.94. The molecule has 0 aliphatic heterocycles. The summed E-state index contributed by atoms with van der Waals surface area (Å²) >= 11 is 0. The first-order chi connectivity index (χ1) is 15.7. The summed E-state index contributed by atoms with van der Waals surface area (Å²) in [6.07, 6.45) is 5.47. The van der Waals surface area contributed by atoms with Crippen molar-refractivity contribution in [1.82, 2.24) is 14.5 Å². The number of benzene rings is 2. The van der Waals surface area contributed by atoms with Gasteiger partial charge < -0.3 is 24.1 Å². The van der Waals surface area contributed by atoms with Gasteiger partial charge in [0, 0.05) is 55.4 Å². The molecule has 2 heterocycles. The van der Waals surface area contributed by atoms with Crippen LogP contribution in [0.4, 0.5) is 0 Å². The fourth-order valence-corrected chi connectivity index (χ4v) is 3.99. The minimum atomic E-state index is -0.746. The number of aromatic amines is 1. The van der Waals surface area contributed by atoms with Gasteiger partial charge in [0.1, 0.15) is 11.6 Å². The zero-order valence-corrected chi connectivity index (χ0v) is 18.3. The summed E-state index contributed by atoms with van der Waals surface area (Å²) in [4.78, 5) is 18.9. The lowest BCUT2D eigenvalue weighted by atomic mass is 10.1. The predicted molar refractivity (Wildman–Crippen MR) is 125 cm³/mol. The Balaban J connectivity index is 1.58. The van der Waals surface area contributed by atoms with E-state index in [1.807, 2.05) is 36.5 Å². The second-order valence-electron chi connectivity index (χ2n) is 7.88. The number of nitrogens with one attached hydrogen (secondary N) is 1. The summed E-state index contributed by atoms with van der Waals surface area (Å²) in [6.45, 7) is 2.04. The number of aliphatic carboxylic acids is 1. The number of nitrogens with zero attached hydrogens (tertiary/aromatic N) is 2. The van der Waals surface area contributed by atoms with Crippen LogP contribution in [0.3, 0.4) is 0 Å². The molecule has 0 saturated heterocycles. The Morgan fingerprint density at radius 3 is 2.81 bits per heavy atom. The van der Waals surface area contributed by atoms with Crippen molar-refractivity contribution in [1.29, 1.82) is 0 Å². The van der Waals surface area contributed by atoms with E-state index >= 15 is 0 Å². The van der Waals surface area contributed by atoms with Crippen LogP contribution in [0, 0.1) is 0 Å². The highest BCUT2D eigenvalue weighted by atomic mass is 16.5. The van der Waals surface area contributed by atoms with Gasteiger partial charge in [-0.15, -0.1) is 0 Å². The smallest absolute Gasteiger partial charge is 0.303 e. The van der Waals surface area contributed by atoms with Crippen molar-refractivity contribution >= 4 is 27.9 Å². The minimum absolute atomic E-state index is 0.212. The second-order valence-corrected chi connectivity index (χ2v) is 7.88. The van der Waals surface area contributed by atoms with Crippen molar-refractivity contribution in [2.45, 2.75) is 38.6 Å². The van der Waals surface area contributed by atoms with Crippen molar-refractivity contribution in [2.75, 3.05) is 20.3 Å². The van der Waals surface area contributed by atoms with Crippen molar-refractivity contribution in [3.05, 3.63) is 48.7 Å². The SMILES string of the molecule is COCCCn1c(-c2c[nH]c3ccccc23)nc2ccc(OCCCCCC(=O)O)cc21. The highest BCUT2D eigenvalue weighted by molar-refractivity contribution is 5.96. The van der Waals surface area contributed by atoms with Crippen LogP contribution in [0.15, 0.2) is 48.7 Å². The average molecular weight is 436 g/mol. The van der Waals surface area contributed by atoms with Gasteiger partial charge in [0.2, 0.25) is 0 Å². The first-order valence-corrected chi connectivity index (χ1v) is 11.1. The summed E-state index contributed by atoms with van der Waals surface area (Å²) in [7, 11) is 1.72. The summed E-state index contributed by atoms with van der Waals surface area (Å²) < 4.78 is 13.5. The van der Waals surface area contributed by atoms with Crippen LogP contribution in [0.25, 0.3) is 33.3 Å². The molecule has 7 nitrogen and oxygen atoms in total. The standard InChI is InChI=1S/C25H29N3O4/c1-31-14-7-13-28-23-16-18(32-15-6-2-3-10-24(29)30)11-12-22(23)27-25(28)20-17-26-21-9-5-4-8-19(20)21/h4-5,8-9,11-12,16-17,26H,2-3,6-7,10,13-15H2,1H3,(H,29,30). The van der Waals surface area contributed by atoms with E-state index in [4.69, 9.17) is 19.6 Å². The Labute approximate surface area is 187 Å². The number of hydrogen-bond acceptors (Lipinski definition) is 4. The maximum atomic E-state index is 10.6. The molecule has 0 radical (unpaired) electrons. The van der Waals surface area contributed by atoms with Gasteiger partial charge in [-0.3, -0.25) is 4.79 Å². The molecule has 0 spiro atoms. The number of carbonyl (C=O) groups is 1. The number of H-pyrrole nitrogens is 1. The molecule has 0 saturated carbocycles. The van der Waals surface area contributed by atoms with Gasteiger partial charge >= 0.3 is 5.97 Å². The molecule has 2 N–H and O–H groups in total. The number of ether oxygens (including phenoxy) is 2. The Hall–Kier alpha value is -3.32. The van der Waals surface area contributed by atoms with Crippen LogP contribution in [0.5, 0.6) is 5.75 Å². The van der Waals surface area contributed by atoms with E-state index in [0.29, 0.717) is 19.6 Å². The number of fused-ring (bicyclic) bond motifs is 2. The lowest BCUT2D eigenvalue weighted by Crippen LogP contribution is -2.04. The third-order valence-electron chi connectivity index (χ3n) is 5.58. The number of methoxy groups -OCH3 is 1. The predicted octanol–water partition coefficient (Wildman–Crippen LogP) is 5.24. The van der Waals surface area contributed by atoms with Gasteiger partial charge in [0.25, 0.3) is 0 Å². The number of unbranched alkanes of at least 4 members (excludes halogenated alkanes) is 2. The number of aryl methyl sites for hydroxylation is 1. The quantitative estimate of drug-likeness (QED) is 0.297. The Kier molecular flexibility index (Phi) is 7.07. The maximum absolute atomic E-state index is 10.6. The fourth-order valence-electron chi connectivity index (χ4n) is 3.99. The van der Waals surface area contributed by atoms with Gasteiger partial charge in [-0.1, -0.05) is 18.2 Å². The van der Waals surface area contributed by atoms with Crippen LogP contribution >= 0.6 is 0 Å². The molecule has 7 heteroatoms. The summed E-state index contributed by atoms with van der Waals surface area (Å²) in [5, 5.41) is 9.88. The van der Waals surface area contributed by atoms with E-state index in [9.17, 15) is 4.79 Å². The highest BCUT2D eigenvalue weighted by Gasteiger charge is 2.16. The molecule has 2 aromatic heterocycles. The normalized spacial score (nSPS) is 11.4. The lowest BCUT2D eigenvalue weighted by molar-refractivity contribution is -0.137. The Morgan fingerprint density at radius 2 is 1.97 bits per heavy atom. The molecule has 0 fully saturated rings. The monoisotopic (exact) mass is 435 g/mol. The molecule has 4 aromatic rings. The number of aromatic nitrogens is 3. The lowest BCUT2D eigenvalue weighted by Gasteiger charge is -2.10. The zero-order chi connectivity index (χ0) is 22.3. The molecule has 2 aromatic carbocycles. The van der Waals surface area contributed by atoms with Crippen LogP contribution < -0.4 is 4.74 Å². The fraction of sp³-hybridized carbons (Fsp3) is 0.360. The highest BCUT2D eigenvalue weighted by Crippen LogP contribution is 2.32. The molecule has 0 aliphatic carbocycles. The molecule has 4 rings (SSSR count). The number of hydrogen-bond donors (Lipinski definition) is 2. The van der Waals surface area contributed by atoms with E-state index in [1.54, 1.807) is 7.11 Å². The van der Waals surface area contributed by atoms with Crippen molar-refractivity contribution in [2.24, 2.45) is 0 Å². The van der Waals surface area contributed by atoms with Crippen molar-refractivity contribution < 1.29 is 19.4 Å². The first-order valence-electron chi connectivity index (χ1n) is 11.1. The molecule has 0 unspecified atom stereocenters. The van der Waals surface area contributed by atoms with Gasteiger partial charge in [-0.05, 0) is 43.9 Å². The summed E-state index contributed by atoms with van der Waals surface area (Å²) in [5.74, 6) is 0.984. The van der Waals surface area contributed by atoms with Gasteiger partial charge in [0.05, 0.1) is 17.6 Å². The number of imidazole rings is 1. The van der Waals surface area contributed by atoms with Gasteiger partial charge in [-0.25, -0.2) is 4.98 Å². The third-order valence-corrected chi connectivity index (χ3v) is 5.58. The molecule has 168 valence electrons. The Morgan fingerprint density at radius 1 is 1.09 bits per heavy atom. The summed E-state index contributed by atoms with van der Waals surface area (Å²) in [6, 6.07) is 14.2. The maximum Gasteiger partial charge on any atom is 0.303 e. The number of carboxylic acids is 1. The van der Waals surface area contributed by atoms with E-state index < -0.39 is 5.97 Å². The molecule has 0 bridgehead atoms. The molecule has 0 atom stereocenters. The van der Waals surface area contributed by atoms with Gasteiger partial charge in [-0.2, -0.15) is 0 Å². The van der Waals surface area contributed by atoms with Crippen LogP contribution in [0.2, 0.25) is 0 Å². The summed E-state index contributed by atoms with van der Waals surface area (Å²) in [5.41, 5.74) is 4.13. The molecular formula is C25H29N3O4. The molecular weight excluding hydrogens is 406 g/mol. The van der Waals surface area contributed by atoms with E-state index in [1.165, 1.54) is 0 Å². The average Bonchev–Trinajstić information content (AvgIpc) is 3.37. The number of carboxylic acid groups (broad SMARTS) is 1. The molecule has 32 heavy (non-hydrogen) atoms. The Bertz CT molecular complexity index is 1190. The largest absolute Gasteiger partial charge is 0.494 e. The van der Waals surface area contributed by atoms with Crippen LogP contribution in [0.1, 0.15) is 32.1 Å². The van der Waals surface area contributed by atoms with E-state index in [2.05, 4.69) is 21.7 Å². The van der Waals surface area contributed by atoms with Crippen molar-refractivity contribution in [3.63, 3.8) is 0 Å². The molecule has 0 amide bonds. The molecule has 0 aliphatic rings. The van der Waals surface area contributed by atoms with Gasteiger partial charge in [0.15, 0.2) is 0 Å².